The van der Waals surface area contributed by atoms with E-state index in [1.54, 1.807) is 0 Å². The lowest BCUT2D eigenvalue weighted by Gasteiger charge is -2.48. The number of hydrogen-bond donors (Lipinski definition) is 1. The van der Waals surface area contributed by atoms with Crippen molar-refractivity contribution in [3.8, 4) is 0 Å². The first kappa shape index (κ1) is 21.3. The molecule has 30 heavy (non-hydrogen) atoms. The van der Waals surface area contributed by atoms with E-state index in [2.05, 4.69) is 10.2 Å². The smallest absolute Gasteiger partial charge is 0.126 e. The monoisotopic (exact) mass is 446 g/mol. The number of nitrogens with one attached hydrogen (secondary N) is 1. The van der Waals surface area contributed by atoms with Crippen LogP contribution in [-0.2, 0) is 0 Å². The Balaban J connectivity index is 1.58. The van der Waals surface area contributed by atoms with Crippen LogP contribution in [0.15, 0.2) is 66.7 Å². The van der Waals surface area contributed by atoms with Crippen molar-refractivity contribution in [2.45, 2.75) is 12.1 Å². The highest BCUT2D eigenvalue weighted by atomic mass is 35.5. The molecular formula is C24H22Cl2F2N2. The first-order valence-corrected chi connectivity index (χ1v) is 10.6. The quantitative estimate of drug-likeness (QED) is 0.480. The minimum atomic E-state index is -0.554. The van der Waals surface area contributed by atoms with Crippen LogP contribution in [0.2, 0.25) is 10.0 Å². The molecule has 0 bridgehead atoms. The summed E-state index contributed by atoms with van der Waals surface area (Å²) in [6.07, 6.45) is 0. The highest BCUT2D eigenvalue weighted by molar-refractivity contribution is 6.30. The van der Waals surface area contributed by atoms with Crippen molar-refractivity contribution < 1.29 is 8.78 Å². The van der Waals surface area contributed by atoms with Crippen LogP contribution in [0.1, 0.15) is 28.8 Å². The second-order valence-corrected chi connectivity index (χ2v) is 8.56. The Morgan fingerprint density at radius 3 is 1.70 bits per heavy atom. The van der Waals surface area contributed by atoms with Crippen LogP contribution in [0.4, 0.5) is 8.78 Å². The number of hydrogen-bond acceptors (Lipinski definition) is 2. The van der Waals surface area contributed by atoms with E-state index < -0.39 is 11.6 Å². The fraction of sp³-hybridized carbons (Fsp3) is 0.250. The molecule has 3 aromatic rings. The minimum absolute atomic E-state index is 0.0533. The Kier molecular flexibility index (Phi) is 6.40. The highest BCUT2D eigenvalue weighted by Crippen LogP contribution is 2.39. The first-order valence-electron chi connectivity index (χ1n) is 9.83. The molecule has 1 fully saturated rings. The molecule has 0 unspecified atom stereocenters. The van der Waals surface area contributed by atoms with Gasteiger partial charge < -0.3 is 5.32 Å². The third-order valence-electron chi connectivity index (χ3n) is 5.70. The lowest BCUT2D eigenvalue weighted by molar-refractivity contribution is 0.0454. The summed E-state index contributed by atoms with van der Waals surface area (Å²) in [4.78, 5) is 2.36. The molecule has 0 aliphatic carbocycles. The zero-order valence-electron chi connectivity index (χ0n) is 16.5. The van der Waals surface area contributed by atoms with E-state index in [1.807, 2.05) is 55.6 Å². The number of benzene rings is 3. The second kappa shape index (κ2) is 9.03. The van der Waals surface area contributed by atoms with E-state index in [0.29, 0.717) is 15.6 Å². The lowest BCUT2D eigenvalue weighted by Crippen LogP contribution is -2.53. The minimum Gasteiger partial charge on any atom is -0.313 e. The van der Waals surface area contributed by atoms with Gasteiger partial charge in [0.15, 0.2) is 0 Å². The molecule has 1 saturated heterocycles. The van der Waals surface area contributed by atoms with Gasteiger partial charge in [-0.2, -0.15) is 0 Å². The van der Waals surface area contributed by atoms with Crippen molar-refractivity contribution in [3.05, 3.63) is 105 Å². The summed E-state index contributed by atoms with van der Waals surface area (Å²) in [7, 11) is 1.83. The zero-order chi connectivity index (χ0) is 21.3. The summed E-state index contributed by atoms with van der Waals surface area (Å²) < 4.78 is 27.4. The average molecular weight is 447 g/mol. The Labute approximate surface area is 185 Å². The molecule has 1 N–H and O–H groups in total. The SMILES string of the molecule is CN[C@@H](c1cc(F)cc(F)c1)C1CN(C(c2ccc(Cl)cc2)c2ccc(Cl)cc2)C1. The molecule has 1 aliphatic rings. The van der Waals surface area contributed by atoms with Gasteiger partial charge in [-0.3, -0.25) is 4.90 Å². The maximum Gasteiger partial charge on any atom is 0.126 e. The van der Waals surface area contributed by atoms with Crippen molar-refractivity contribution in [2.24, 2.45) is 5.92 Å². The van der Waals surface area contributed by atoms with E-state index in [-0.39, 0.29) is 18.0 Å². The van der Waals surface area contributed by atoms with Crippen LogP contribution in [0, 0.1) is 17.6 Å². The van der Waals surface area contributed by atoms with Gasteiger partial charge in [0.1, 0.15) is 11.6 Å². The van der Waals surface area contributed by atoms with Crippen molar-refractivity contribution in [2.75, 3.05) is 20.1 Å². The van der Waals surface area contributed by atoms with Gasteiger partial charge in [0.2, 0.25) is 0 Å². The molecule has 0 spiro atoms. The molecular weight excluding hydrogens is 425 g/mol. The molecule has 3 aromatic carbocycles. The van der Waals surface area contributed by atoms with E-state index in [1.165, 1.54) is 12.1 Å². The van der Waals surface area contributed by atoms with Gasteiger partial charge in [-0.25, -0.2) is 8.78 Å². The van der Waals surface area contributed by atoms with E-state index in [9.17, 15) is 8.78 Å². The van der Waals surface area contributed by atoms with Gasteiger partial charge in [-0.15, -0.1) is 0 Å². The molecule has 0 saturated carbocycles. The third-order valence-corrected chi connectivity index (χ3v) is 6.21. The maximum absolute atomic E-state index is 13.7. The normalized spacial score (nSPS) is 15.9. The largest absolute Gasteiger partial charge is 0.313 e. The molecule has 0 aromatic heterocycles. The Hall–Kier alpha value is -1.98. The van der Waals surface area contributed by atoms with Gasteiger partial charge in [0, 0.05) is 41.2 Å². The summed E-state index contributed by atoms with van der Waals surface area (Å²) in [5, 5.41) is 4.62. The Morgan fingerprint density at radius 1 is 0.800 bits per heavy atom. The number of nitrogens with zero attached hydrogens (tertiary/aromatic N) is 1. The van der Waals surface area contributed by atoms with Crippen LogP contribution in [0.5, 0.6) is 0 Å². The maximum atomic E-state index is 13.7. The van der Waals surface area contributed by atoms with Crippen molar-refractivity contribution in [1.29, 1.82) is 0 Å². The average Bonchev–Trinajstić information content (AvgIpc) is 2.68. The Morgan fingerprint density at radius 2 is 1.27 bits per heavy atom. The van der Waals surface area contributed by atoms with Gasteiger partial charge >= 0.3 is 0 Å². The van der Waals surface area contributed by atoms with Gasteiger partial charge in [-0.1, -0.05) is 47.5 Å². The summed E-state index contributed by atoms with van der Waals surface area (Å²) in [6.45, 7) is 1.58. The van der Waals surface area contributed by atoms with Crippen LogP contribution in [0.25, 0.3) is 0 Å². The number of rotatable bonds is 6. The number of likely N-dealkylation sites (tertiary alicyclic amines) is 1. The molecule has 4 rings (SSSR count). The van der Waals surface area contributed by atoms with Crippen LogP contribution < -0.4 is 5.32 Å². The fourth-order valence-corrected chi connectivity index (χ4v) is 4.56. The predicted molar refractivity (Wildman–Crippen MR) is 118 cm³/mol. The van der Waals surface area contributed by atoms with E-state index in [4.69, 9.17) is 23.2 Å². The topological polar surface area (TPSA) is 15.3 Å². The van der Waals surface area contributed by atoms with E-state index in [0.717, 1.165) is 30.3 Å². The van der Waals surface area contributed by atoms with E-state index >= 15 is 0 Å². The fourth-order valence-electron chi connectivity index (χ4n) is 4.30. The van der Waals surface area contributed by atoms with Crippen molar-refractivity contribution >= 4 is 23.2 Å². The summed E-state index contributed by atoms with van der Waals surface area (Å²) in [5.74, 6) is -0.874. The highest BCUT2D eigenvalue weighted by Gasteiger charge is 2.38. The molecule has 1 atom stereocenters. The number of halogens is 4. The van der Waals surface area contributed by atoms with Crippen LogP contribution in [-0.4, -0.2) is 25.0 Å². The van der Waals surface area contributed by atoms with Gasteiger partial charge in [0.05, 0.1) is 6.04 Å². The summed E-state index contributed by atoms with van der Waals surface area (Å²) >= 11 is 12.2. The molecule has 2 nitrogen and oxygen atoms in total. The molecule has 0 radical (unpaired) electrons. The van der Waals surface area contributed by atoms with Crippen molar-refractivity contribution in [3.63, 3.8) is 0 Å². The van der Waals surface area contributed by atoms with Gasteiger partial charge in [-0.05, 0) is 60.1 Å². The molecule has 0 amide bonds. The van der Waals surface area contributed by atoms with Crippen molar-refractivity contribution in [1.82, 2.24) is 10.2 Å². The van der Waals surface area contributed by atoms with Crippen LogP contribution in [0.3, 0.4) is 0 Å². The molecule has 1 aliphatic heterocycles. The Bertz CT molecular complexity index is 937. The first-order chi connectivity index (χ1) is 14.4. The molecule has 6 heteroatoms. The lowest BCUT2D eigenvalue weighted by atomic mass is 9.83. The second-order valence-electron chi connectivity index (χ2n) is 7.69. The molecule has 1 heterocycles. The third kappa shape index (κ3) is 4.52. The zero-order valence-corrected chi connectivity index (χ0v) is 18.0. The summed E-state index contributed by atoms with van der Waals surface area (Å²) in [6, 6.07) is 19.3. The molecule has 156 valence electrons. The van der Waals surface area contributed by atoms with Gasteiger partial charge in [0.25, 0.3) is 0 Å². The predicted octanol–water partition coefficient (Wildman–Crippen LogP) is 6.25. The standard InChI is InChI=1S/C24H22Cl2F2N2/c1-29-23(17-10-21(27)12-22(28)11-17)18-13-30(14-18)24(15-2-6-19(25)7-3-15)16-4-8-20(26)9-5-16/h2-12,18,23-24,29H,13-14H2,1H3/t23-/m0/s1. The summed E-state index contributed by atoms with van der Waals surface area (Å²) in [5.41, 5.74) is 2.91. The van der Waals surface area contributed by atoms with Crippen LogP contribution >= 0.6 is 23.2 Å².